The van der Waals surface area contributed by atoms with Crippen LogP contribution in [0.15, 0.2) is 0 Å². The van der Waals surface area contributed by atoms with E-state index in [1.165, 1.54) is 6.42 Å². The highest BCUT2D eigenvalue weighted by Crippen LogP contribution is 2.94. The number of nitrogens with zero attached hydrogens (tertiary/aromatic N) is 1. The Morgan fingerprint density at radius 3 is 2.86 bits per heavy atom. The monoisotopic (exact) mass is 185 g/mol. The number of ether oxygens (including phenoxy) is 1. The second kappa shape index (κ2) is 1.30. The maximum atomic E-state index is 9.46. The van der Waals surface area contributed by atoms with Gasteiger partial charge in [0.05, 0.1) is 23.7 Å². The Bertz CT molecular complexity index is 426. The van der Waals surface area contributed by atoms with Crippen LogP contribution in [0, 0.1) is 58.2 Å². The number of hydrogen-bond donors (Lipinski definition) is 0. The number of hydrogen-bond acceptors (Lipinski definition) is 2. The fraction of sp³-hybridized carbons (Fsp3) is 0.917. The zero-order valence-corrected chi connectivity index (χ0v) is 7.76. The zero-order valence-electron chi connectivity index (χ0n) is 7.76. The highest BCUT2D eigenvalue weighted by molar-refractivity contribution is 5.46. The van der Waals surface area contributed by atoms with Gasteiger partial charge in [-0.15, -0.1) is 0 Å². The van der Waals surface area contributed by atoms with Crippen molar-refractivity contribution in [1.82, 2.24) is 0 Å². The Morgan fingerprint density at radius 2 is 2.00 bits per heavy atom. The molecule has 0 amide bonds. The van der Waals surface area contributed by atoms with Gasteiger partial charge in [0.25, 0.3) is 0 Å². The van der Waals surface area contributed by atoms with Gasteiger partial charge in [-0.05, 0) is 47.8 Å². The summed E-state index contributed by atoms with van der Waals surface area (Å²) in [5, 5.41) is 9.46. The first-order valence-corrected chi connectivity index (χ1v) is 5.96. The van der Waals surface area contributed by atoms with E-state index in [0.717, 1.165) is 41.4 Å². The normalized spacial score (nSPS) is 86.9. The van der Waals surface area contributed by atoms with E-state index >= 15 is 0 Å². The van der Waals surface area contributed by atoms with E-state index in [-0.39, 0.29) is 5.41 Å². The molecule has 10 atom stereocenters. The molecule has 6 rings (SSSR count). The van der Waals surface area contributed by atoms with Crippen molar-refractivity contribution in [2.45, 2.75) is 18.6 Å². The lowest BCUT2D eigenvalue weighted by Crippen LogP contribution is -2.33. The van der Waals surface area contributed by atoms with Crippen molar-refractivity contribution in [1.29, 1.82) is 5.26 Å². The zero-order chi connectivity index (χ0) is 8.82. The summed E-state index contributed by atoms with van der Waals surface area (Å²) in [7, 11) is 0. The minimum atomic E-state index is 0.194. The van der Waals surface area contributed by atoms with Crippen LogP contribution >= 0.6 is 0 Å². The molecule has 5 saturated carbocycles. The average Bonchev–Trinajstić information content (AvgIpc) is 2.54. The first-order valence-electron chi connectivity index (χ1n) is 5.96. The molecule has 6 fully saturated rings. The SMILES string of the molecule is N#C[C@]12[C@@H]3[C@@H]4C[C@@H]5O[C@@H]6[C@@H]4[C@@H]1[C@@H]2[C@H]6[C@H]35. The molecule has 0 unspecified atom stereocenters. The van der Waals surface area contributed by atoms with Crippen LogP contribution < -0.4 is 0 Å². The number of fused-ring (bicyclic) bond motifs is 2. The molecule has 0 aromatic carbocycles. The average molecular weight is 185 g/mol. The molecule has 1 heterocycles. The molecule has 5 aliphatic carbocycles. The van der Waals surface area contributed by atoms with Crippen molar-refractivity contribution >= 4 is 0 Å². The Labute approximate surface area is 82.2 Å². The van der Waals surface area contributed by atoms with Crippen LogP contribution in [-0.4, -0.2) is 12.2 Å². The molecular weight excluding hydrogens is 174 g/mol. The van der Waals surface area contributed by atoms with E-state index < -0.39 is 0 Å². The lowest BCUT2D eigenvalue weighted by atomic mass is 9.76. The van der Waals surface area contributed by atoms with Crippen molar-refractivity contribution in [2.24, 2.45) is 46.8 Å². The van der Waals surface area contributed by atoms with Gasteiger partial charge in [-0.3, -0.25) is 0 Å². The number of nitriles is 1. The van der Waals surface area contributed by atoms with Gasteiger partial charge in [0.15, 0.2) is 0 Å². The quantitative estimate of drug-likeness (QED) is 0.565. The van der Waals surface area contributed by atoms with Crippen LogP contribution in [0.3, 0.4) is 0 Å². The summed E-state index contributed by atoms with van der Waals surface area (Å²) in [6.07, 6.45) is 2.49. The van der Waals surface area contributed by atoms with Gasteiger partial charge in [-0.1, -0.05) is 0 Å². The largest absolute Gasteiger partial charge is 0.374 e. The maximum Gasteiger partial charge on any atom is 0.0699 e. The van der Waals surface area contributed by atoms with E-state index in [0.29, 0.717) is 12.2 Å². The fourth-order valence-corrected chi connectivity index (χ4v) is 7.06. The molecule has 70 valence electrons. The molecule has 0 spiro atoms. The van der Waals surface area contributed by atoms with Crippen LogP contribution in [0.2, 0.25) is 0 Å². The second-order valence-corrected chi connectivity index (χ2v) is 6.39. The molecule has 1 aliphatic heterocycles. The molecule has 14 heavy (non-hydrogen) atoms. The molecule has 2 heteroatoms. The van der Waals surface area contributed by atoms with Crippen molar-refractivity contribution < 1.29 is 4.74 Å². The first kappa shape index (κ1) is 6.12. The van der Waals surface area contributed by atoms with Crippen molar-refractivity contribution in [3.8, 4) is 6.07 Å². The van der Waals surface area contributed by atoms with Crippen LogP contribution in [0.4, 0.5) is 0 Å². The first-order chi connectivity index (χ1) is 6.89. The summed E-state index contributed by atoms with van der Waals surface area (Å²) in [5.74, 6) is 5.74. The molecule has 1 saturated heterocycles. The van der Waals surface area contributed by atoms with Crippen LogP contribution in [-0.2, 0) is 4.74 Å². The summed E-state index contributed by atoms with van der Waals surface area (Å²) in [4.78, 5) is 0. The lowest BCUT2D eigenvalue weighted by molar-refractivity contribution is -0.0448. The Morgan fingerprint density at radius 1 is 1.14 bits per heavy atom. The van der Waals surface area contributed by atoms with Gasteiger partial charge in [0.2, 0.25) is 0 Å². The summed E-state index contributed by atoms with van der Waals surface area (Å²) in [5.41, 5.74) is 0.194. The Balaban J connectivity index is 1.76. The van der Waals surface area contributed by atoms with Gasteiger partial charge in [0, 0.05) is 0 Å². The van der Waals surface area contributed by atoms with Crippen molar-refractivity contribution in [3.05, 3.63) is 0 Å². The summed E-state index contributed by atoms with van der Waals surface area (Å²) < 4.78 is 6.14. The van der Waals surface area contributed by atoms with Gasteiger partial charge in [-0.2, -0.15) is 5.26 Å². The third kappa shape index (κ3) is 0.283. The third-order valence-corrected chi connectivity index (χ3v) is 6.79. The molecule has 2 nitrogen and oxygen atoms in total. The minimum Gasteiger partial charge on any atom is -0.374 e. The minimum absolute atomic E-state index is 0.194. The topological polar surface area (TPSA) is 33.0 Å². The Kier molecular flexibility index (Phi) is 0.568. The van der Waals surface area contributed by atoms with Crippen molar-refractivity contribution in [2.75, 3.05) is 0 Å². The molecule has 0 radical (unpaired) electrons. The van der Waals surface area contributed by atoms with Crippen LogP contribution in [0.5, 0.6) is 0 Å². The van der Waals surface area contributed by atoms with E-state index in [2.05, 4.69) is 6.07 Å². The van der Waals surface area contributed by atoms with Gasteiger partial charge >= 0.3 is 0 Å². The third-order valence-electron chi connectivity index (χ3n) is 6.79. The van der Waals surface area contributed by atoms with Crippen LogP contribution in [0.1, 0.15) is 6.42 Å². The summed E-state index contributed by atoms with van der Waals surface area (Å²) in [6, 6.07) is 2.72. The predicted molar refractivity (Wildman–Crippen MR) is 45.8 cm³/mol. The molecular formula is C12H11NO. The molecule has 6 aliphatic rings. The van der Waals surface area contributed by atoms with E-state index in [1.54, 1.807) is 0 Å². The van der Waals surface area contributed by atoms with Gasteiger partial charge < -0.3 is 4.74 Å². The molecule has 0 aromatic heterocycles. The lowest BCUT2D eigenvalue weighted by Gasteiger charge is -2.31. The summed E-state index contributed by atoms with van der Waals surface area (Å²) >= 11 is 0. The van der Waals surface area contributed by atoms with Gasteiger partial charge in [-0.25, -0.2) is 0 Å². The molecule has 0 bridgehead atoms. The maximum absolute atomic E-state index is 9.46. The second-order valence-electron chi connectivity index (χ2n) is 6.39. The highest BCUT2D eigenvalue weighted by Gasteiger charge is 2.96. The molecule has 0 N–H and O–H groups in total. The molecule has 0 aromatic rings. The van der Waals surface area contributed by atoms with E-state index in [1.807, 2.05) is 0 Å². The smallest absolute Gasteiger partial charge is 0.0699 e. The van der Waals surface area contributed by atoms with Crippen molar-refractivity contribution in [3.63, 3.8) is 0 Å². The Hall–Kier alpha value is -0.550. The van der Waals surface area contributed by atoms with E-state index in [9.17, 15) is 5.26 Å². The predicted octanol–water partition coefficient (Wildman–Crippen LogP) is 1.04. The fourth-order valence-electron chi connectivity index (χ4n) is 7.06. The van der Waals surface area contributed by atoms with Crippen LogP contribution in [0.25, 0.3) is 0 Å². The highest BCUT2D eigenvalue weighted by atomic mass is 16.5. The summed E-state index contributed by atoms with van der Waals surface area (Å²) in [6.45, 7) is 0. The standard InChI is InChI=1S/C12H11NO/c13-2-12-8-3-1-4-6(8)7-10(12)9(12)5(3)11(7)14-4/h3-11H,1H2/t3-,4+,5+,6-,7-,8-,9-,10+,11-,12+/m1/s1. The number of rotatable bonds is 0. The van der Waals surface area contributed by atoms with Gasteiger partial charge in [0.1, 0.15) is 0 Å². The van der Waals surface area contributed by atoms with E-state index in [4.69, 9.17) is 4.74 Å².